The molecular weight excluding hydrogens is 446 g/mol. The average Bonchev–Trinajstić information content (AvgIpc) is 2.85. The maximum Gasteiger partial charge on any atom is 0.257 e. The van der Waals surface area contributed by atoms with Crippen molar-refractivity contribution in [3.05, 3.63) is 59.7 Å². The summed E-state index contributed by atoms with van der Waals surface area (Å²) in [6, 6.07) is 15.6. The molecule has 1 aliphatic rings. The standard InChI is InChI=1S/C27H37N3O5/c1-19-14-30(15-21-9-7-6-8-10-21)20(2)17-35-24-12-11-22(28-26(31)18-33-4)13-23(24)27(32)29(3)16-25(19)34-5/h6-13,19-20,25H,14-18H2,1-5H3,(H,28,31)/t19-,20-,25+/m1/s1. The van der Waals surface area contributed by atoms with Crippen LogP contribution in [0.4, 0.5) is 5.69 Å². The van der Waals surface area contributed by atoms with E-state index in [1.165, 1.54) is 12.7 Å². The Hall–Kier alpha value is -2.94. The highest BCUT2D eigenvalue weighted by molar-refractivity contribution is 5.99. The fourth-order valence-corrected chi connectivity index (χ4v) is 4.30. The first-order valence-corrected chi connectivity index (χ1v) is 11.9. The van der Waals surface area contributed by atoms with Gasteiger partial charge in [-0.15, -0.1) is 0 Å². The number of hydrogen-bond acceptors (Lipinski definition) is 6. The number of hydrogen-bond donors (Lipinski definition) is 1. The van der Waals surface area contributed by atoms with Crippen LogP contribution >= 0.6 is 0 Å². The van der Waals surface area contributed by atoms with Gasteiger partial charge in [0.25, 0.3) is 5.91 Å². The van der Waals surface area contributed by atoms with Crippen LogP contribution in [0.1, 0.15) is 29.8 Å². The molecule has 2 aromatic carbocycles. The van der Waals surface area contributed by atoms with E-state index in [0.29, 0.717) is 30.2 Å². The molecule has 2 amide bonds. The second kappa shape index (κ2) is 12.7. The van der Waals surface area contributed by atoms with Gasteiger partial charge in [-0.3, -0.25) is 14.5 Å². The number of nitrogens with one attached hydrogen (secondary N) is 1. The van der Waals surface area contributed by atoms with Crippen molar-refractivity contribution in [3.63, 3.8) is 0 Å². The highest BCUT2D eigenvalue weighted by atomic mass is 16.5. The molecule has 1 aliphatic heterocycles. The summed E-state index contributed by atoms with van der Waals surface area (Å²) >= 11 is 0. The van der Waals surface area contributed by atoms with E-state index in [9.17, 15) is 9.59 Å². The fraction of sp³-hybridized carbons (Fsp3) is 0.481. The van der Waals surface area contributed by atoms with Gasteiger partial charge in [0.1, 0.15) is 19.0 Å². The van der Waals surface area contributed by atoms with Crippen LogP contribution < -0.4 is 10.1 Å². The molecule has 0 saturated carbocycles. The van der Waals surface area contributed by atoms with Gasteiger partial charge in [0.05, 0.1) is 11.7 Å². The summed E-state index contributed by atoms with van der Waals surface area (Å²) in [7, 11) is 4.91. The van der Waals surface area contributed by atoms with E-state index >= 15 is 0 Å². The molecule has 0 radical (unpaired) electrons. The zero-order valence-corrected chi connectivity index (χ0v) is 21.3. The lowest BCUT2D eigenvalue weighted by atomic mass is 10.0. The first kappa shape index (κ1) is 26.7. The molecule has 0 bridgehead atoms. The Labute approximate surface area is 208 Å². The highest BCUT2D eigenvalue weighted by Crippen LogP contribution is 2.27. The Bertz CT molecular complexity index is 984. The molecule has 2 aromatic rings. The van der Waals surface area contributed by atoms with Crippen LogP contribution in [-0.4, -0.2) is 81.3 Å². The molecule has 8 nitrogen and oxygen atoms in total. The van der Waals surface area contributed by atoms with E-state index in [-0.39, 0.29) is 36.5 Å². The molecule has 0 saturated heterocycles. The molecule has 8 heteroatoms. The summed E-state index contributed by atoms with van der Waals surface area (Å²) in [6.07, 6.45) is -0.136. The Morgan fingerprint density at radius 2 is 1.86 bits per heavy atom. The minimum atomic E-state index is -0.291. The number of rotatable bonds is 6. The topological polar surface area (TPSA) is 80.3 Å². The predicted octanol–water partition coefficient (Wildman–Crippen LogP) is 3.28. The number of carbonyl (C=O) groups is 2. The Morgan fingerprint density at radius 3 is 2.54 bits per heavy atom. The number of nitrogens with zero attached hydrogens (tertiary/aromatic N) is 2. The molecule has 1 heterocycles. The molecule has 190 valence electrons. The summed E-state index contributed by atoms with van der Waals surface area (Å²) in [4.78, 5) is 29.5. The van der Waals surface area contributed by atoms with Gasteiger partial charge < -0.3 is 24.4 Å². The minimum Gasteiger partial charge on any atom is -0.491 e. The predicted molar refractivity (Wildman–Crippen MR) is 136 cm³/mol. The van der Waals surface area contributed by atoms with Crippen molar-refractivity contribution in [3.8, 4) is 5.75 Å². The van der Waals surface area contributed by atoms with E-state index in [2.05, 4.69) is 36.2 Å². The largest absolute Gasteiger partial charge is 0.491 e. The normalized spacial score (nSPS) is 21.9. The summed E-state index contributed by atoms with van der Waals surface area (Å²) in [6.45, 7) is 6.66. The monoisotopic (exact) mass is 483 g/mol. The van der Waals surface area contributed by atoms with Gasteiger partial charge in [-0.1, -0.05) is 37.3 Å². The first-order valence-electron chi connectivity index (χ1n) is 11.9. The summed E-state index contributed by atoms with van der Waals surface area (Å²) in [5.74, 6) is 0.188. The van der Waals surface area contributed by atoms with Gasteiger partial charge in [-0.05, 0) is 36.6 Å². The zero-order valence-electron chi connectivity index (χ0n) is 21.3. The fourth-order valence-electron chi connectivity index (χ4n) is 4.30. The Morgan fingerprint density at radius 1 is 1.11 bits per heavy atom. The third kappa shape index (κ3) is 7.27. The summed E-state index contributed by atoms with van der Waals surface area (Å²) in [5.41, 5.74) is 2.14. The number of methoxy groups -OCH3 is 2. The third-order valence-electron chi connectivity index (χ3n) is 6.36. The number of amides is 2. The van der Waals surface area contributed by atoms with Crippen molar-refractivity contribution >= 4 is 17.5 Å². The van der Waals surface area contributed by atoms with Crippen LogP contribution in [0.25, 0.3) is 0 Å². The maximum absolute atomic E-state index is 13.4. The molecule has 0 aromatic heterocycles. The van der Waals surface area contributed by atoms with Crippen LogP contribution in [0.15, 0.2) is 48.5 Å². The van der Waals surface area contributed by atoms with Crippen molar-refractivity contribution in [2.24, 2.45) is 5.92 Å². The van der Waals surface area contributed by atoms with Crippen LogP contribution in [0, 0.1) is 5.92 Å². The number of fused-ring (bicyclic) bond motifs is 1. The number of anilines is 1. The lowest BCUT2D eigenvalue weighted by Crippen LogP contribution is -2.46. The lowest BCUT2D eigenvalue weighted by Gasteiger charge is -2.36. The van der Waals surface area contributed by atoms with Crippen LogP contribution in [0.2, 0.25) is 0 Å². The van der Waals surface area contributed by atoms with Crippen molar-refractivity contribution in [2.75, 3.05) is 52.9 Å². The van der Waals surface area contributed by atoms with Crippen molar-refractivity contribution in [1.29, 1.82) is 0 Å². The third-order valence-corrected chi connectivity index (χ3v) is 6.36. The lowest BCUT2D eigenvalue weighted by molar-refractivity contribution is -0.119. The first-order chi connectivity index (χ1) is 16.8. The average molecular weight is 484 g/mol. The quantitative estimate of drug-likeness (QED) is 0.679. The van der Waals surface area contributed by atoms with Crippen LogP contribution in [0.5, 0.6) is 5.75 Å². The summed E-state index contributed by atoms with van der Waals surface area (Å²) in [5, 5.41) is 2.76. The molecule has 0 unspecified atom stereocenters. The molecule has 3 rings (SSSR count). The zero-order chi connectivity index (χ0) is 25.4. The van der Waals surface area contributed by atoms with E-state index in [1.807, 2.05) is 18.2 Å². The van der Waals surface area contributed by atoms with Gasteiger partial charge in [-0.25, -0.2) is 0 Å². The van der Waals surface area contributed by atoms with Crippen molar-refractivity contribution in [2.45, 2.75) is 32.5 Å². The van der Waals surface area contributed by atoms with E-state index in [1.54, 1.807) is 37.3 Å². The second-order valence-electron chi connectivity index (χ2n) is 9.20. The smallest absolute Gasteiger partial charge is 0.257 e. The number of carbonyl (C=O) groups excluding carboxylic acids is 2. The van der Waals surface area contributed by atoms with Gasteiger partial charge in [0, 0.05) is 52.6 Å². The van der Waals surface area contributed by atoms with E-state index in [0.717, 1.165) is 13.1 Å². The van der Waals surface area contributed by atoms with Crippen molar-refractivity contribution < 1.29 is 23.8 Å². The number of benzene rings is 2. The van der Waals surface area contributed by atoms with Gasteiger partial charge >= 0.3 is 0 Å². The van der Waals surface area contributed by atoms with Crippen LogP contribution in [-0.2, 0) is 20.8 Å². The van der Waals surface area contributed by atoms with Gasteiger partial charge in [0.2, 0.25) is 5.91 Å². The molecule has 0 spiro atoms. The van der Waals surface area contributed by atoms with Crippen LogP contribution in [0.3, 0.4) is 0 Å². The molecule has 0 aliphatic carbocycles. The maximum atomic E-state index is 13.4. The second-order valence-corrected chi connectivity index (χ2v) is 9.20. The van der Waals surface area contributed by atoms with Gasteiger partial charge in [-0.2, -0.15) is 0 Å². The van der Waals surface area contributed by atoms with Gasteiger partial charge in [0.15, 0.2) is 0 Å². The molecule has 1 N–H and O–H groups in total. The Kier molecular flexibility index (Phi) is 9.65. The van der Waals surface area contributed by atoms with Crippen molar-refractivity contribution in [1.82, 2.24) is 9.80 Å². The minimum absolute atomic E-state index is 0.0659. The number of likely N-dealkylation sites (N-methyl/N-ethyl adjacent to an activating group) is 1. The highest BCUT2D eigenvalue weighted by Gasteiger charge is 2.28. The molecular formula is C27H37N3O5. The molecule has 35 heavy (non-hydrogen) atoms. The molecule has 3 atom stereocenters. The molecule has 0 fully saturated rings. The Balaban J connectivity index is 1.92. The SMILES string of the molecule is COCC(=O)Nc1ccc2c(c1)C(=O)N(C)C[C@H](OC)[C@H](C)CN(Cc1ccccc1)[C@H](C)CO2. The van der Waals surface area contributed by atoms with E-state index in [4.69, 9.17) is 14.2 Å². The summed E-state index contributed by atoms with van der Waals surface area (Å²) < 4.78 is 16.9. The number of ether oxygens (including phenoxy) is 3. The van der Waals surface area contributed by atoms with E-state index < -0.39 is 0 Å².